The van der Waals surface area contributed by atoms with Crippen LogP contribution in [0.4, 0.5) is 11.4 Å². The molecule has 0 aliphatic heterocycles. The van der Waals surface area contributed by atoms with Gasteiger partial charge in [0.2, 0.25) is 10.0 Å². The Balaban J connectivity index is 2.24. The monoisotopic (exact) mass is 362 g/mol. The zero-order valence-electron chi connectivity index (χ0n) is 14.7. The number of carbonyl (C=O) groups is 1. The molecule has 0 aliphatic rings. The van der Waals surface area contributed by atoms with Crippen molar-refractivity contribution in [1.29, 1.82) is 0 Å². The van der Waals surface area contributed by atoms with Gasteiger partial charge < -0.3 is 10.5 Å². The van der Waals surface area contributed by atoms with Crippen LogP contribution >= 0.6 is 0 Å². The molecule has 2 aromatic rings. The molecule has 0 fully saturated rings. The van der Waals surface area contributed by atoms with E-state index in [0.29, 0.717) is 16.9 Å². The van der Waals surface area contributed by atoms with E-state index in [1.54, 1.807) is 63.2 Å². The number of hydrogen-bond donors (Lipinski definition) is 2. The Morgan fingerprint density at radius 1 is 1.04 bits per heavy atom. The Kier molecular flexibility index (Phi) is 5.08. The van der Waals surface area contributed by atoms with Gasteiger partial charge in [-0.1, -0.05) is 18.2 Å². The summed E-state index contributed by atoms with van der Waals surface area (Å²) < 4.78 is 30.2. The summed E-state index contributed by atoms with van der Waals surface area (Å²) in [5.41, 5.74) is 8.19. The summed E-state index contributed by atoms with van der Waals surface area (Å²) in [5.74, 6) is -0.468. The summed E-state index contributed by atoms with van der Waals surface area (Å²) in [7, 11) is -3.31. The highest BCUT2D eigenvalue weighted by Gasteiger charge is 2.19. The first-order valence-electron chi connectivity index (χ1n) is 7.66. The van der Waals surface area contributed by atoms with Crippen molar-refractivity contribution in [2.75, 3.05) is 16.7 Å². The summed E-state index contributed by atoms with van der Waals surface area (Å²) in [6.45, 7) is 5.38. The number of nitrogen functional groups attached to an aromatic ring is 1. The molecule has 0 aromatic heterocycles. The van der Waals surface area contributed by atoms with Gasteiger partial charge in [-0.05, 0) is 56.2 Å². The van der Waals surface area contributed by atoms with Gasteiger partial charge in [0.1, 0.15) is 5.60 Å². The van der Waals surface area contributed by atoms with E-state index >= 15 is 0 Å². The molecule has 25 heavy (non-hydrogen) atoms. The van der Waals surface area contributed by atoms with Crippen molar-refractivity contribution < 1.29 is 17.9 Å². The van der Waals surface area contributed by atoms with Gasteiger partial charge in [0.15, 0.2) is 0 Å². The highest BCUT2D eigenvalue weighted by molar-refractivity contribution is 7.92. The van der Waals surface area contributed by atoms with Crippen molar-refractivity contribution in [3.63, 3.8) is 0 Å². The zero-order chi connectivity index (χ0) is 18.8. The van der Waals surface area contributed by atoms with Crippen LogP contribution in [0.3, 0.4) is 0 Å². The molecular formula is C18H22N2O4S. The largest absolute Gasteiger partial charge is 0.456 e. The molecule has 0 heterocycles. The lowest BCUT2D eigenvalue weighted by molar-refractivity contribution is 0.00708. The molecule has 0 unspecified atom stereocenters. The van der Waals surface area contributed by atoms with Crippen molar-refractivity contribution in [2.24, 2.45) is 0 Å². The number of sulfonamides is 1. The Hall–Kier alpha value is -2.54. The first-order chi connectivity index (χ1) is 11.4. The van der Waals surface area contributed by atoms with Gasteiger partial charge in [-0.15, -0.1) is 0 Å². The highest BCUT2D eigenvalue weighted by atomic mass is 32.2. The topological polar surface area (TPSA) is 98.5 Å². The number of benzene rings is 2. The van der Waals surface area contributed by atoms with E-state index in [1.807, 2.05) is 0 Å². The molecule has 0 aliphatic carbocycles. The summed E-state index contributed by atoms with van der Waals surface area (Å²) in [5, 5.41) is 0. The van der Waals surface area contributed by atoms with E-state index in [-0.39, 0.29) is 0 Å². The maximum Gasteiger partial charge on any atom is 0.340 e. The van der Waals surface area contributed by atoms with Crippen molar-refractivity contribution >= 4 is 27.4 Å². The molecule has 2 aromatic carbocycles. The minimum absolute atomic E-state index is 0.314. The molecule has 0 saturated carbocycles. The van der Waals surface area contributed by atoms with Crippen LogP contribution in [0.25, 0.3) is 11.1 Å². The molecule has 134 valence electrons. The van der Waals surface area contributed by atoms with E-state index in [0.717, 1.165) is 17.4 Å². The molecule has 2 rings (SSSR count). The Labute approximate surface area is 148 Å². The molecule has 7 heteroatoms. The first kappa shape index (κ1) is 18.8. The number of rotatable bonds is 4. The van der Waals surface area contributed by atoms with Crippen LogP contribution in [-0.2, 0) is 14.8 Å². The maximum atomic E-state index is 12.1. The minimum atomic E-state index is -3.31. The van der Waals surface area contributed by atoms with Crippen LogP contribution in [-0.4, -0.2) is 26.2 Å². The van der Waals surface area contributed by atoms with E-state index in [2.05, 4.69) is 4.72 Å². The summed E-state index contributed by atoms with van der Waals surface area (Å²) in [6.07, 6.45) is 1.09. The number of nitrogens with one attached hydrogen (secondary N) is 1. The fourth-order valence-corrected chi connectivity index (χ4v) is 2.77. The zero-order valence-corrected chi connectivity index (χ0v) is 15.5. The van der Waals surface area contributed by atoms with Gasteiger partial charge in [-0.2, -0.15) is 0 Å². The molecule has 0 spiro atoms. The molecule has 0 amide bonds. The minimum Gasteiger partial charge on any atom is -0.456 e. The lowest BCUT2D eigenvalue weighted by Gasteiger charge is -2.20. The number of nitrogens with two attached hydrogens (primary N) is 1. The summed E-state index contributed by atoms with van der Waals surface area (Å²) in [4.78, 5) is 12.1. The quantitative estimate of drug-likeness (QED) is 0.642. The number of anilines is 2. The molecule has 0 saturated heterocycles. The second-order valence-electron chi connectivity index (χ2n) is 6.76. The fourth-order valence-electron chi connectivity index (χ4n) is 2.21. The highest BCUT2D eigenvalue weighted by Crippen LogP contribution is 2.26. The van der Waals surface area contributed by atoms with E-state index in [9.17, 15) is 13.2 Å². The molecule has 0 atom stereocenters. The van der Waals surface area contributed by atoms with Crippen molar-refractivity contribution in [3.8, 4) is 11.1 Å². The van der Waals surface area contributed by atoms with Crippen molar-refractivity contribution in [3.05, 3.63) is 48.0 Å². The van der Waals surface area contributed by atoms with E-state index < -0.39 is 21.6 Å². The molecule has 0 radical (unpaired) electrons. The lowest BCUT2D eigenvalue weighted by atomic mass is 10.0. The smallest absolute Gasteiger partial charge is 0.340 e. The predicted molar refractivity (Wildman–Crippen MR) is 99.9 cm³/mol. The third kappa shape index (κ3) is 5.49. The Bertz CT molecular complexity index is 882. The number of esters is 1. The number of carbonyl (C=O) groups excluding carboxylic acids is 1. The van der Waals surface area contributed by atoms with E-state index in [1.165, 1.54) is 0 Å². The van der Waals surface area contributed by atoms with Crippen molar-refractivity contribution in [1.82, 2.24) is 0 Å². The van der Waals surface area contributed by atoms with E-state index in [4.69, 9.17) is 10.5 Å². The van der Waals surface area contributed by atoms with Gasteiger partial charge >= 0.3 is 5.97 Å². The normalized spacial score (nSPS) is 11.8. The standard InChI is InChI=1S/C18H22N2O4S/c1-18(2,3)24-17(21)15-10-7-13(11-16(15)19)12-5-8-14(9-6-12)20-25(4,22)23/h5-11,20H,19H2,1-4H3. The Morgan fingerprint density at radius 2 is 1.60 bits per heavy atom. The van der Waals surface area contributed by atoms with Gasteiger partial charge in [-0.3, -0.25) is 4.72 Å². The molecule has 3 N–H and O–H groups in total. The molecular weight excluding hydrogens is 340 g/mol. The van der Waals surface area contributed by atoms with Gasteiger partial charge in [0.05, 0.1) is 11.8 Å². The second-order valence-corrected chi connectivity index (χ2v) is 8.50. The maximum absolute atomic E-state index is 12.1. The van der Waals surface area contributed by atoms with Crippen LogP contribution in [0.15, 0.2) is 42.5 Å². The lowest BCUT2D eigenvalue weighted by Crippen LogP contribution is -2.24. The number of ether oxygens (including phenoxy) is 1. The summed E-state index contributed by atoms with van der Waals surface area (Å²) >= 11 is 0. The van der Waals surface area contributed by atoms with Crippen molar-refractivity contribution in [2.45, 2.75) is 26.4 Å². The van der Waals surface area contributed by atoms with Crippen LogP contribution in [0, 0.1) is 0 Å². The van der Waals surface area contributed by atoms with Crippen LogP contribution < -0.4 is 10.5 Å². The molecule has 6 nitrogen and oxygen atoms in total. The molecule has 0 bridgehead atoms. The van der Waals surface area contributed by atoms with Crippen LogP contribution in [0.1, 0.15) is 31.1 Å². The van der Waals surface area contributed by atoms with Crippen LogP contribution in [0.5, 0.6) is 0 Å². The van der Waals surface area contributed by atoms with Gasteiger partial charge in [-0.25, -0.2) is 13.2 Å². The summed E-state index contributed by atoms with van der Waals surface area (Å²) in [6, 6.07) is 12.0. The average Bonchev–Trinajstić information content (AvgIpc) is 2.44. The van der Waals surface area contributed by atoms with Gasteiger partial charge in [0, 0.05) is 11.4 Å². The number of hydrogen-bond acceptors (Lipinski definition) is 5. The van der Waals surface area contributed by atoms with Crippen LogP contribution in [0.2, 0.25) is 0 Å². The first-order valence-corrected chi connectivity index (χ1v) is 9.55. The Morgan fingerprint density at radius 3 is 2.08 bits per heavy atom. The third-order valence-corrected chi connectivity index (χ3v) is 3.80. The fraction of sp³-hybridized carbons (Fsp3) is 0.278. The third-order valence-electron chi connectivity index (χ3n) is 3.19. The predicted octanol–water partition coefficient (Wildman–Crippen LogP) is 3.26. The second kappa shape index (κ2) is 6.76. The average molecular weight is 362 g/mol. The van der Waals surface area contributed by atoms with Gasteiger partial charge in [0.25, 0.3) is 0 Å². The SMILES string of the molecule is CC(C)(C)OC(=O)c1ccc(-c2ccc(NS(C)(=O)=O)cc2)cc1N.